The molecule has 0 unspecified atom stereocenters. The zero-order valence-electron chi connectivity index (χ0n) is 19.2. The Kier molecular flexibility index (Phi) is 6.53. The number of nitrogens with one attached hydrogen (secondary N) is 1. The smallest absolute Gasteiger partial charge is 0.233 e. The van der Waals surface area contributed by atoms with Crippen molar-refractivity contribution >= 4 is 35.0 Å². The van der Waals surface area contributed by atoms with Gasteiger partial charge < -0.3 is 15.1 Å². The van der Waals surface area contributed by atoms with Gasteiger partial charge in [-0.25, -0.2) is 0 Å². The minimum absolute atomic E-state index is 0.115. The number of para-hydroxylation sites is 1. The molecule has 5 rings (SSSR count). The Hall–Kier alpha value is -3.33. The molecule has 1 aliphatic carbocycles. The SMILES string of the molecule is CC(=O)Nc1cccc(-n2c(SCC(=O)N3CCN(c4ccccc4)CC3)nnc2C2CC2)c1. The van der Waals surface area contributed by atoms with E-state index >= 15 is 0 Å². The molecule has 1 saturated heterocycles. The molecular formula is C25H28N6O2S. The van der Waals surface area contributed by atoms with Crippen LogP contribution in [-0.2, 0) is 9.59 Å². The highest BCUT2D eigenvalue weighted by Crippen LogP contribution is 2.41. The van der Waals surface area contributed by atoms with Gasteiger partial charge in [-0.15, -0.1) is 10.2 Å². The van der Waals surface area contributed by atoms with E-state index in [2.05, 4.69) is 32.5 Å². The minimum Gasteiger partial charge on any atom is -0.368 e. The zero-order valence-corrected chi connectivity index (χ0v) is 20.0. The van der Waals surface area contributed by atoms with Crippen LogP contribution < -0.4 is 10.2 Å². The Balaban J connectivity index is 1.26. The zero-order chi connectivity index (χ0) is 23.5. The average Bonchev–Trinajstić information content (AvgIpc) is 3.62. The number of rotatable bonds is 7. The Morgan fingerprint density at radius 2 is 1.71 bits per heavy atom. The number of aromatic nitrogens is 3. The number of carbonyl (C=O) groups is 2. The number of carbonyl (C=O) groups excluding carboxylic acids is 2. The van der Waals surface area contributed by atoms with E-state index < -0.39 is 0 Å². The van der Waals surface area contributed by atoms with Gasteiger partial charge in [0.2, 0.25) is 11.8 Å². The van der Waals surface area contributed by atoms with Crippen LogP contribution in [-0.4, -0.2) is 63.4 Å². The van der Waals surface area contributed by atoms with Gasteiger partial charge in [0.1, 0.15) is 5.82 Å². The van der Waals surface area contributed by atoms with E-state index in [1.807, 2.05) is 51.9 Å². The second-order valence-electron chi connectivity index (χ2n) is 8.67. The van der Waals surface area contributed by atoms with Crippen LogP contribution >= 0.6 is 11.8 Å². The molecule has 1 N–H and O–H groups in total. The molecule has 1 saturated carbocycles. The maximum Gasteiger partial charge on any atom is 0.233 e. The summed E-state index contributed by atoms with van der Waals surface area (Å²) in [5.41, 5.74) is 2.82. The Bertz CT molecular complexity index is 1170. The molecule has 176 valence electrons. The predicted octanol–water partition coefficient (Wildman–Crippen LogP) is 3.54. The van der Waals surface area contributed by atoms with Crippen LogP contribution in [0.2, 0.25) is 0 Å². The lowest BCUT2D eigenvalue weighted by atomic mass is 10.2. The molecule has 0 radical (unpaired) electrons. The van der Waals surface area contributed by atoms with E-state index in [9.17, 15) is 9.59 Å². The van der Waals surface area contributed by atoms with Crippen molar-refractivity contribution in [3.05, 3.63) is 60.4 Å². The van der Waals surface area contributed by atoms with Crippen LogP contribution in [0.5, 0.6) is 0 Å². The minimum atomic E-state index is -0.115. The molecule has 1 aromatic heterocycles. The standard InChI is InChI=1S/C25H28N6O2S/c1-18(32)26-20-6-5-9-22(16-20)31-24(19-10-11-19)27-28-25(31)34-17-23(33)30-14-12-29(13-15-30)21-7-3-2-4-8-21/h2-9,16,19H,10-15,17H2,1H3,(H,26,32). The summed E-state index contributed by atoms with van der Waals surface area (Å²) in [7, 11) is 0. The molecule has 2 amide bonds. The van der Waals surface area contributed by atoms with Crippen LogP contribution in [0.25, 0.3) is 5.69 Å². The molecule has 8 nitrogen and oxygen atoms in total. The predicted molar refractivity (Wildman–Crippen MR) is 134 cm³/mol. The van der Waals surface area contributed by atoms with E-state index in [0.717, 1.165) is 43.1 Å². The first kappa shape index (κ1) is 22.5. The van der Waals surface area contributed by atoms with Gasteiger partial charge >= 0.3 is 0 Å². The number of hydrogen-bond donors (Lipinski definition) is 1. The summed E-state index contributed by atoms with van der Waals surface area (Å²) < 4.78 is 2.04. The topological polar surface area (TPSA) is 83.4 Å². The molecule has 1 aliphatic heterocycles. The Morgan fingerprint density at radius 1 is 0.971 bits per heavy atom. The third-order valence-electron chi connectivity index (χ3n) is 6.10. The van der Waals surface area contributed by atoms with Gasteiger partial charge in [-0.2, -0.15) is 0 Å². The van der Waals surface area contributed by atoms with Crippen molar-refractivity contribution in [2.45, 2.75) is 30.8 Å². The fourth-order valence-electron chi connectivity index (χ4n) is 4.22. The van der Waals surface area contributed by atoms with Crippen LogP contribution in [0.3, 0.4) is 0 Å². The first-order valence-electron chi connectivity index (χ1n) is 11.6. The Labute approximate surface area is 203 Å². The van der Waals surface area contributed by atoms with Gasteiger partial charge in [-0.1, -0.05) is 36.0 Å². The third-order valence-corrected chi connectivity index (χ3v) is 7.02. The molecule has 2 fully saturated rings. The van der Waals surface area contributed by atoms with Crippen LogP contribution in [0.1, 0.15) is 31.5 Å². The quantitative estimate of drug-likeness (QED) is 0.525. The summed E-state index contributed by atoms with van der Waals surface area (Å²) in [6, 6.07) is 18.0. The number of amides is 2. The normalized spacial score (nSPS) is 15.9. The summed E-state index contributed by atoms with van der Waals surface area (Å²) in [4.78, 5) is 28.7. The van der Waals surface area contributed by atoms with Gasteiger partial charge in [-0.05, 0) is 43.2 Å². The molecular weight excluding hydrogens is 448 g/mol. The van der Waals surface area contributed by atoms with Gasteiger partial charge in [0, 0.05) is 50.4 Å². The van der Waals surface area contributed by atoms with E-state index in [1.54, 1.807) is 0 Å². The van der Waals surface area contributed by atoms with E-state index in [1.165, 1.54) is 24.4 Å². The number of piperazine rings is 1. The van der Waals surface area contributed by atoms with Gasteiger partial charge in [0.25, 0.3) is 0 Å². The van der Waals surface area contributed by atoms with Crippen molar-refractivity contribution in [2.24, 2.45) is 0 Å². The fourth-order valence-corrected chi connectivity index (χ4v) is 5.08. The third kappa shape index (κ3) is 5.09. The number of thioether (sulfide) groups is 1. The monoisotopic (exact) mass is 476 g/mol. The first-order chi connectivity index (χ1) is 16.6. The molecule has 0 spiro atoms. The number of hydrogen-bond acceptors (Lipinski definition) is 6. The lowest BCUT2D eigenvalue weighted by Crippen LogP contribution is -2.49. The molecule has 9 heteroatoms. The Morgan fingerprint density at radius 3 is 2.41 bits per heavy atom. The van der Waals surface area contributed by atoms with Crippen LogP contribution in [0.15, 0.2) is 59.8 Å². The lowest BCUT2D eigenvalue weighted by Gasteiger charge is -2.36. The molecule has 0 atom stereocenters. The first-order valence-corrected chi connectivity index (χ1v) is 12.6. The van der Waals surface area contributed by atoms with Gasteiger partial charge in [-0.3, -0.25) is 14.2 Å². The van der Waals surface area contributed by atoms with Crippen molar-refractivity contribution in [3.63, 3.8) is 0 Å². The fraction of sp³-hybridized carbons (Fsp3) is 0.360. The summed E-state index contributed by atoms with van der Waals surface area (Å²) in [6.07, 6.45) is 2.19. The number of anilines is 2. The highest BCUT2D eigenvalue weighted by molar-refractivity contribution is 7.99. The van der Waals surface area contributed by atoms with Crippen molar-refractivity contribution in [1.29, 1.82) is 0 Å². The average molecular weight is 477 g/mol. The van der Waals surface area contributed by atoms with Gasteiger partial charge in [0.05, 0.1) is 11.4 Å². The molecule has 2 aromatic carbocycles. The maximum absolute atomic E-state index is 13.0. The van der Waals surface area contributed by atoms with E-state index in [4.69, 9.17) is 0 Å². The second-order valence-corrected chi connectivity index (χ2v) is 9.62. The van der Waals surface area contributed by atoms with Crippen molar-refractivity contribution < 1.29 is 9.59 Å². The molecule has 2 aliphatic rings. The second kappa shape index (κ2) is 9.89. The lowest BCUT2D eigenvalue weighted by molar-refractivity contribution is -0.128. The summed E-state index contributed by atoms with van der Waals surface area (Å²) in [5.74, 6) is 1.64. The molecule has 34 heavy (non-hydrogen) atoms. The largest absolute Gasteiger partial charge is 0.368 e. The maximum atomic E-state index is 13.0. The summed E-state index contributed by atoms with van der Waals surface area (Å²) >= 11 is 1.42. The van der Waals surface area contributed by atoms with E-state index in [0.29, 0.717) is 29.9 Å². The summed E-state index contributed by atoms with van der Waals surface area (Å²) in [5, 5.41) is 12.4. The summed E-state index contributed by atoms with van der Waals surface area (Å²) in [6.45, 7) is 4.59. The highest BCUT2D eigenvalue weighted by Gasteiger charge is 2.31. The highest BCUT2D eigenvalue weighted by atomic mass is 32.2. The molecule has 2 heterocycles. The van der Waals surface area contributed by atoms with Crippen LogP contribution in [0.4, 0.5) is 11.4 Å². The van der Waals surface area contributed by atoms with E-state index in [-0.39, 0.29) is 11.8 Å². The molecule has 0 bridgehead atoms. The molecule has 3 aromatic rings. The number of benzene rings is 2. The number of nitrogens with zero attached hydrogens (tertiary/aromatic N) is 5. The van der Waals surface area contributed by atoms with Crippen molar-refractivity contribution in [3.8, 4) is 5.69 Å². The van der Waals surface area contributed by atoms with Gasteiger partial charge in [0.15, 0.2) is 5.16 Å². The van der Waals surface area contributed by atoms with Crippen molar-refractivity contribution in [2.75, 3.05) is 42.1 Å². The van der Waals surface area contributed by atoms with Crippen LogP contribution in [0, 0.1) is 0 Å². The van der Waals surface area contributed by atoms with Crippen molar-refractivity contribution in [1.82, 2.24) is 19.7 Å².